The van der Waals surface area contributed by atoms with Gasteiger partial charge >= 0.3 is 0 Å². The van der Waals surface area contributed by atoms with E-state index in [1.165, 1.54) is 44.9 Å². The van der Waals surface area contributed by atoms with Crippen molar-refractivity contribution in [1.29, 1.82) is 0 Å². The van der Waals surface area contributed by atoms with Crippen molar-refractivity contribution < 1.29 is 8.42 Å². The van der Waals surface area contributed by atoms with E-state index in [-0.39, 0.29) is 5.25 Å². The molecule has 0 aliphatic heterocycles. The third-order valence-corrected chi connectivity index (χ3v) is 5.11. The van der Waals surface area contributed by atoms with E-state index < -0.39 is 10.0 Å². The first-order valence-corrected chi connectivity index (χ1v) is 9.64. The van der Waals surface area contributed by atoms with Crippen LogP contribution in [0.4, 0.5) is 0 Å². The molecule has 0 heterocycles. The van der Waals surface area contributed by atoms with Gasteiger partial charge < -0.3 is 0 Å². The quantitative estimate of drug-likeness (QED) is 0.512. The summed E-state index contributed by atoms with van der Waals surface area (Å²) in [6.07, 6.45) is 13.7. The number of rotatable bonds is 13. The molecular formula is C15H33NO2S. The van der Waals surface area contributed by atoms with Gasteiger partial charge in [-0.2, -0.15) is 0 Å². The molecule has 0 aromatic carbocycles. The Labute approximate surface area is 120 Å². The highest BCUT2D eigenvalue weighted by atomic mass is 32.2. The average Bonchev–Trinajstić information content (AvgIpc) is 2.34. The summed E-state index contributed by atoms with van der Waals surface area (Å²) in [6.45, 7) is 4.24. The molecular weight excluding hydrogens is 258 g/mol. The molecule has 1 unspecified atom stereocenters. The molecule has 0 aliphatic carbocycles. The summed E-state index contributed by atoms with van der Waals surface area (Å²) in [5.41, 5.74) is 0. The molecule has 0 saturated carbocycles. The van der Waals surface area contributed by atoms with Gasteiger partial charge in [0.25, 0.3) is 0 Å². The van der Waals surface area contributed by atoms with Gasteiger partial charge in [-0.05, 0) is 12.8 Å². The lowest BCUT2D eigenvalue weighted by atomic mass is 10.0. The Balaban J connectivity index is 3.51. The zero-order valence-corrected chi connectivity index (χ0v) is 13.7. The highest BCUT2D eigenvalue weighted by Gasteiger charge is 2.19. The molecule has 0 fully saturated rings. The zero-order chi connectivity index (χ0) is 14.6. The molecule has 2 N–H and O–H groups in total. The third-order valence-electron chi connectivity index (χ3n) is 3.70. The number of unbranched alkanes of at least 4 members (excludes halogenated alkanes) is 8. The number of sulfonamides is 1. The van der Waals surface area contributed by atoms with Crippen molar-refractivity contribution in [2.45, 2.75) is 96.1 Å². The summed E-state index contributed by atoms with van der Waals surface area (Å²) in [7, 11) is -3.33. The Kier molecular flexibility index (Phi) is 11.7. The second-order valence-corrected chi connectivity index (χ2v) is 7.46. The van der Waals surface area contributed by atoms with Crippen LogP contribution in [0.3, 0.4) is 0 Å². The molecule has 0 saturated heterocycles. The van der Waals surface area contributed by atoms with Gasteiger partial charge in [-0.3, -0.25) is 0 Å². The van der Waals surface area contributed by atoms with E-state index in [0.717, 1.165) is 25.7 Å². The molecule has 0 rings (SSSR count). The summed E-state index contributed by atoms with van der Waals surface area (Å²) in [5.74, 6) is 0. The molecule has 0 aliphatic rings. The van der Waals surface area contributed by atoms with E-state index in [9.17, 15) is 8.42 Å². The molecule has 0 spiro atoms. The topological polar surface area (TPSA) is 60.2 Å². The summed E-state index contributed by atoms with van der Waals surface area (Å²) in [4.78, 5) is 0. The highest BCUT2D eigenvalue weighted by molar-refractivity contribution is 7.89. The first-order chi connectivity index (χ1) is 9.02. The van der Waals surface area contributed by atoms with Crippen LogP contribution in [0, 0.1) is 0 Å². The number of primary sulfonamides is 1. The maximum atomic E-state index is 11.4. The maximum Gasteiger partial charge on any atom is 0.211 e. The van der Waals surface area contributed by atoms with E-state index in [1.54, 1.807) is 0 Å². The predicted octanol–water partition coefficient (Wildman–Crippen LogP) is 4.36. The highest BCUT2D eigenvalue weighted by Crippen LogP contribution is 2.16. The van der Waals surface area contributed by atoms with Crippen molar-refractivity contribution in [2.75, 3.05) is 0 Å². The number of hydrogen-bond acceptors (Lipinski definition) is 2. The lowest BCUT2D eigenvalue weighted by Crippen LogP contribution is -2.28. The molecule has 116 valence electrons. The molecule has 0 aromatic rings. The summed E-state index contributed by atoms with van der Waals surface area (Å²) < 4.78 is 22.7. The van der Waals surface area contributed by atoms with Gasteiger partial charge in [-0.1, -0.05) is 78.1 Å². The smallest absolute Gasteiger partial charge is 0.211 e. The average molecular weight is 292 g/mol. The van der Waals surface area contributed by atoms with Gasteiger partial charge in [-0.15, -0.1) is 0 Å². The zero-order valence-electron chi connectivity index (χ0n) is 12.9. The SMILES string of the molecule is CCCCCCCCCCCC(CCC)S(N)(=O)=O. The van der Waals surface area contributed by atoms with Crippen LogP contribution in [-0.2, 0) is 10.0 Å². The molecule has 0 bridgehead atoms. The van der Waals surface area contributed by atoms with Crippen molar-refractivity contribution in [3.8, 4) is 0 Å². The molecule has 3 nitrogen and oxygen atoms in total. The second kappa shape index (κ2) is 11.7. The van der Waals surface area contributed by atoms with Gasteiger partial charge in [0.2, 0.25) is 10.0 Å². The second-order valence-electron chi connectivity index (χ2n) is 5.62. The van der Waals surface area contributed by atoms with Crippen molar-refractivity contribution in [3.05, 3.63) is 0 Å². The van der Waals surface area contributed by atoms with Crippen molar-refractivity contribution in [2.24, 2.45) is 5.14 Å². The van der Waals surface area contributed by atoms with E-state index in [0.29, 0.717) is 6.42 Å². The Morgan fingerprint density at radius 3 is 1.63 bits per heavy atom. The molecule has 19 heavy (non-hydrogen) atoms. The fourth-order valence-electron chi connectivity index (χ4n) is 2.48. The first kappa shape index (κ1) is 18.9. The molecule has 1 atom stereocenters. The molecule has 0 amide bonds. The summed E-state index contributed by atoms with van der Waals surface area (Å²) in [6, 6.07) is 0. The molecule has 4 heteroatoms. The van der Waals surface area contributed by atoms with Crippen LogP contribution in [0.2, 0.25) is 0 Å². The monoisotopic (exact) mass is 291 g/mol. The molecule has 0 radical (unpaired) electrons. The minimum Gasteiger partial charge on any atom is -0.228 e. The van der Waals surface area contributed by atoms with Gasteiger partial charge in [0.1, 0.15) is 0 Å². The lowest BCUT2D eigenvalue weighted by Gasteiger charge is -2.13. The summed E-state index contributed by atoms with van der Waals surface area (Å²) >= 11 is 0. The van der Waals surface area contributed by atoms with Crippen LogP contribution < -0.4 is 5.14 Å². The van der Waals surface area contributed by atoms with E-state index in [4.69, 9.17) is 5.14 Å². The normalized spacial score (nSPS) is 13.6. The number of hydrogen-bond donors (Lipinski definition) is 1. The standard InChI is InChI=1S/C15H33NO2S/c1-3-5-6-7-8-9-10-11-12-14-15(13-4-2)19(16,17)18/h15H,3-14H2,1-2H3,(H2,16,17,18). The number of nitrogens with two attached hydrogens (primary N) is 1. The van der Waals surface area contributed by atoms with Gasteiger partial charge in [0, 0.05) is 0 Å². The van der Waals surface area contributed by atoms with Crippen LogP contribution in [0.15, 0.2) is 0 Å². The van der Waals surface area contributed by atoms with E-state index in [1.807, 2.05) is 6.92 Å². The van der Waals surface area contributed by atoms with Crippen molar-refractivity contribution >= 4 is 10.0 Å². The van der Waals surface area contributed by atoms with Crippen LogP contribution in [0.5, 0.6) is 0 Å². The van der Waals surface area contributed by atoms with Gasteiger partial charge in [0.15, 0.2) is 0 Å². The maximum absolute atomic E-state index is 11.4. The van der Waals surface area contributed by atoms with Crippen LogP contribution in [0.25, 0.3) is 0 Å². The minimum atomic E-state index is -3.33. The van der Waals surface area contributed by atoms with Crippen LogP contribution >= 0.6 is 0 Å². The summed E-state index contributed by atoms with van der Waals surface area (Å²) in [5, 5.41) is 4.93. The largest absolute Gasteiger partial charge is 0.228 e. The molecule has 0 aromatic heterocycles. The first-order valence-electron chi connectivity index (χ1n) is 8.04. The van der Waals surface area contributed by atoms with Gasteiger partial charge in [-0.25, -0.2) is 13.6 Å². The Bertz CT molecular complexity index is 289. The van der Waals surface area contributed by atoms with Crippen molar-refractivity contribution in [1.82, 2.24) is 0 Å². The van der Waals surface area contributed by atoms with E-state index >= 15 is 0 Å². The Morgan fingerprint density at radius 1 is 0.737 bits per heavy atom. The lowest BCUT2D eigenvalue weighted by molar-refractivity contribution is 0.524. The Morgan fingerprint density at radius 2 is 1.21 bits per heavy atom. The fraction of sp³-hybridized carbons (Fsp3) is 1.00. The van der Waals surface area contributed by atoms with Crippen LogP contribution in [0.1, 0.15) is 90.9 Å². The van der Waals surface area contributed by atoms with Crippen molar-refractivity contribution in [3.63, 3.8) is 0 Å². The van der Waals surface area contributed by atoms with Gasteiger partial charge in [0.05, 0.1) is 5.25 Å². The predicted molar refractivity (Wildman–Crippen MR) is 83.6 cm³/mol. The Hall–Kier alpha value is -0.0900. The third kappa shape index (κ3) is 11.4. The minimum absolute atomic E-state index is 0.318. The van der Waals surface area contributed by atoms with Crippen LogP contribution in [-0.4, -0.2) is 13.7 Å². The fourth-order valence-corrected chi connectivity index (χ4v) is 3.54. The van der Waals surface area contributed by atoms with E-state index in [2.05, 4.69) is 6.92 Å².